The van der Waals surface area contributed by atoms with Crippen molar-refractivity contribution in [2.75, 3.05) is 26.7 Å². The number of rotatable bonds is 6. The van der Waals surface area contributed by atoms with Crippen molar-refractivity contribution in [3.05, 3.63) is 58.3 Å². The molecule has 34 heavy (non-hydrogen) atoms. The van der Waals surface area contributed by atoms with Crippen molar-refractivity contribution in [3.8, 4) is 17.2 Å². The van der Waals surface area contributed by atoms with E-state index in [1.807, 2.05) is 6.07 Å². The predicted molar refractivity (Wildman–Crippen MR) is 122 cm³/mol. The first-order chi connectivity index (χ1) is 17.5. The lowest BCUT2D eigenvalue weighted by molar-refractivity contribution is -0.133. The van der Waals surface area contributed by atoms with Crippen molar-refractivity contribution >= 4 is 17.0 Å². The molecule has 3 aromatic rings. The molecule has 1 aliphatic rings. The molecule has 0 aliphatic carbocycles. The number of hydrogen-bond donors (Lipinski definition) is 2. The first-order valence-corrected chi connectivity index (χ1v) is 10.6. The lowest BCUT2D eigenvalue weighted by Gasteiger charge is -2.18. The third kappa shape index (κ3) is 5.02. The van der Waals surface area contributed by atoms with Crippen LogP contribution in [0.15, 0.2) is 45.6 Å². The average Bonchev–Trinajstić information content (AvgIpc) is 2.98. The van der Waals surface area contributed by atoms with Crippen LogP contribution in [0.1, 0.15) is 9.68 Å². The lowest BCUT2D eigenvalue weighted by atomic mass is 10.00. The summed E-state index contributed by atoms with van der Waals surface area (Å²) in [5.41, 5.74) is 2.48. The Kier molecular flexibility index (Phi) is 5.96. The van der Waals surface area contributed by atoms with Crippen LogP contribution in [0.4, 0.5) is 4.39 Å². The molecule has 1 amide bonds. The van der Waals surface area contributed by atoms with Crippen LogP contribution in [0.3, 0.4) is 0 Å². The van der Waals surface area contributed by atoms with Gasteiger partial charge in [-0.1, -0.05) is 18.2 Å². The number of amides is 1. The molecule has 0 unspecified atom stereocenters. The smallest absolute Gasteiger partial charge is 0.408 e. The third-order valence-electron chi connectivity index (χ3n) is 5.72. The van der Waals surface area contributed by atoms with Crippen LogP contribution in [-0.4, -0.2) is 55.5 Å². The molecule has 4 rings (SSSR count). The van der Waals surface area contributed by atoms with Gasteiger partial charge >= 0.3 is 5.76 Å². The van der Waals surface area contributed by atoms with Gasteiger partial charge in [0.25, 0.3) is 5.91 Å². The molecule has 3 atom stereocenters. The second kappa shape index (κ2) is 10.2. The van der Waals surface area contributed by atoms with E-state index in [2.05, 4.69) is 10.6 Å². The molecule has 1 aromatic heterocycles. The van der Waals surface area contributed by atoms with E-state index in [9.17, 15) is 19.2 Å². The first-order valence-electron chi connectivity index (χ1n) is 12.1. The van der Waals surface area contributed by atoms with Gasteiger partial charge in [-0.15, -0.1) is 0 Å². The van der Waals surface area contributed by atoms with Gasteiger partial charge in [0.1, 0.15) is 18.0 Å². The molecule has 0 spiro atoms. The summed E-state index contributed by atoms with van der Waals surface area (Å²) in [6.45, 7) is 0.168. The van der Waals surface area contributed by atoms with Gasteiger partial charge in [0.2, 0.25) is 0 Å². The van der Waals surface area contributed by atoms with Crippen LogP contribution in [0.2, 0.25) is 0 Å². The van der Waals surface area contributed by atoms with Crippen molar-refractivity contribution in [2.24, 2.45) is 7.05 Å². The summed E-state index contributed by atoms with van der Waals surface area (Å²) < 4.78 is 53.4. The molecular formula is C24H25FN4O5. The SMILES string of the molecule is [2H]C([2H])([2H])O[C@@H]1CNC[C@@H](C(=O)N[C@H](C#N)Cc2ccc(-c3ccc4oc(=O)n(C)c4c3)cc2F)OC1. The van der Waals surface area contributed by atoms with E-state index in [1.54, 1.807) is 37.4 Å². The van der Waals surface area contributed by atoms with Gasteiger partial charge in [-0.25, -0.2) is 9.18 Å². The van der Waals surface area contributed by atoms with E-state index in [1.165, 1.54) is 10.6 Å². The highest BCUT2D eigenvalue weighted by atomic mass is 19.1. The Morgan fingerprint density at radius 3 is 2.94 bits per heavy atom. The van der Waals surface area contributed by atoms with Crippen LogP contribution >= 0.6 is 0 Å². The minimum atomic E-state index is -2.59. The summed E-state index contributed by atoms with van der Waals surface area (Å²) >= 11 is 0. The van der Waals surface area contributed by atoms with Crippen molar-refractivity contribution in [1.29, 1.82) is 5.26 Å². The number of carbonyl (C=O) groups is 1. The zero-order valence-electron chi connectivity index (χ0n) is 21.3. The van der Waals surface area contributed by atoms with Crippen molar-refractivity contribution in [3.63, 3.8) is 0 Å². The summed E-state index contributed by atoms with van der Waals surface area (Å²) in [6.07, 6.45) is -1.81. The maximum Gasteiger partial charge on any atom is 0.419 e. The lowest BCUT2D eigenvalue weighted by Crippen LogP contribution is -2.46. The molecule has 0 bridgehead atoms. The number of halogens is 1. The summed E-state index contributed by atoms with van der Waals surface area (Å²) in [5.74, 6) is -1.62. The van der Waals surface area contributed by atoms with E-state index >= 15 is 0 Å². The second-order valence-electron chi connectivity index (χ2n) is 8.03. The molecule has 1 fully saturated rings. The van der Waals surface area contributed by atoms with Gasteiger partial charge < -0.3 is 24.5 Å². The average molecular weight is 472 g/mol. The fourth-order valence-corrected chi connectivity index (χ4v) is 3.77. The Bertz CT molecular complexity index is 1400. The Hall–Kier alpha value is -3.52. The highest BCUT2D eigenvalue weighted by Crippen LogP contribution is 2.26. The normalized spacial score (nSPS) is 21.0. The molecule has 9 nitrogen and oxygen atoms in total. The number of nitriles is 1. The molecule has 1 aliphatic heterocycles. The summed E-state index contributed by atoms with van der Waals surface area (Å²) in [5, 5.41) is 15.0. The summed E-state index contributed by atoms with van der Waals surface area (Å²) in [6, 6.07) is 10.6. The Morgan fingerprint density at radius 1 is 1.38 bits per heavy atom. The molecule has 2 heterocycles. The minimum Gasteiger partial charge on any atom is -0.408 e. The summed E-state index contributed by atoms with van der Waals surface area (Å²) in [7, 11) is -1.01. The molecule has 1 saturated heterocycles. The van der Waals surface area contributed by atoms with E-state index in [0.29, 0.717) is 22.2 Å². The number of nitrogens with zero attached hydrogens (tertiary/aromatic N) is 2. The van der Waals surface area contributed by atoms with Gasteiger partial charge in [0.05, 0.1) is 28.4 Å². The van der Waals surface area contributed by atoms with Crippen molar-refractivity contribution in [1.82, 2.24) is 15.2 Å². The predicted octanol–water partition coefficient (Wildman–Crippen LogP) is 1.49. The van der Waals surface area contributed by atoms with Crippen LogP contribution in [0.5, 0.6) is 0 Å². The number of aryl methyl sites for hydroxylation is 1. The van der Waals surface area contributed by atoms with Crippen LogP contribution < -0.4 is 16.4 Å². The standard InChI is InChI=1S/C24H25FN4O5/c1-29-20-9-15(5-6-21(20)34-24(29)31)14-3-4-16(19(25)8-14)7-17(10-26)28-23(30)22-12-27-11-18(32-2)13-33-22/h3-6,8-9,17-18,22,27H,7,11-13H2,1-2H3,(H,28,30)/t17-,18+,22-/m0/s1/i2D3. The maximum atomic E-state index is 15.0. The van der Waals surface area contributed by atoms with E-state index in [-0.39, 0.29) is 31.7 Å². The third-order valence-corrected chi connectivity index (χ3v) is 5.72. The zero-order chi connectivity index (χ0) is 26.7. The van der Waals surface area contributed by atoms with Gasteiger partial charge in [-0.2, -0.15) is 5.26 Å². The molecular weight excluding hydrogens is 443 g/mol. The molecule has 0 radical (unpaired) electrons. The highest BCUT2D eigenvalue weighted by molar-refractivity contribution is 5.82. The fraction of sp³-hybridized carbons (Fsp3) is 0.375. The number of aromatic nitrogens is 1. The van der Waals surface area contributed by atoms with Crippen LogP contribution in [0.25, 0.3) is 22.2 Å². The number of benzene rings is 2. The van der Waals surface area contributed by atoms with Gasteiger partial charge in [0, 0.05) is 33.6 Å². The van der Waals surface area contributed by atoms with E-state index < -0.39 is 42.8 Å². The monoisotopic (exact) mass is 471 g/mol. The maximum absolute atomic E-state index is 15.0. The van der Waals surface area contributed by atoms with E-state index in [4.69, 9.17) is 18.0 Å². The van der Waals surface area contributed by atoms with Gasteiger partial charge in [-0.3, -0.25) is 9.36 Å². The molecule has 0 saturated carbocycles. The molecule has 178 valence electrons. The van der Waals surface area contributed by atoms with Crippen LogP contribution in [-0.2, 0) is 27.7 Å². The summed E-state index contributed by atoms with van der Waals surface area (Å²) in [4.78, 5) is 24.4. The molecule has 10 heteroatoms. The Morgan fingerprint density at radius 2 is 2.18 bits per heavy atom. The number of oxazole rings is 1. The van der Waals surface area contributed by atoms with E-state index in [0.717, 1.165) is 0 Å². The van der Waals surface area contributed by atoms with Gasteiger partial charge in [0.15, 0.2) is 5.58 Å². The fourth-order valence-electron chi connectivity index (χ4n) is 3.77. The largest absolute Gasteiger partial charge is 0.419 e. The Balaban J connectivity index is 1.40. The van der Waals surface area contributed by atoms with Gasteiger partial charge in [-0.05, 0) is 34.9 Å². The number of hydrogen-bond acceptors (Lipinski definition) is 7. The zero-order valence-corrected chi connectivity index (χ0v) is 18.3. The number of methoxy groups -OCH3 is 1. The molecule has 2 N–H and O–H groups in total. The first kappa shape index (κ1) is 19.9. The van der Waals surface area contributed by atoms with Crippen LogP contribution in [0, 0.1) is 17.1 Å². The topological polar surface area (TPSA) is 119 Å². The Labute approximate surface area is 199 Å². The number of carbonyl (C=O) groups excluding carboxylic acids is 1. The second-order valence-corrected chi connectivity index (χ2v) is 8.03. The number of nitrogens with one attached hydrogen (secondary N) is 2. The number of ether oxygens (including phenoxy) is 2. The minimum absolute atomic E-state index is 0.0748. The highest BCUT2D eigenvalue weighted by Gasteiger charge is 2.26. The van der Waals surface area contributed by atoms with Crippen molar-refractivity contribution in [2.45, 2.75) is 24.7 Å². The quantitative estimate of drug-likeness (QED) is 0.559. The number of fused-ring (bicyclic) bond motifs is 1. The van der Waals surface area contributed by atoms with Crippen molar-refractivity contribution < 1.29 is 27.2 Å². The molecule has 2 aromatic carbocycles.